The van der Waals surface area contributed by atoms with Crippen molar-refractivity contribution in [2.45, 2.75) is 4.90 Å². The van der Waals surface area contributed by atoms with E-state index in [4.69, 9.17) is 16.3 Å². The molecule has 0 spiro atoms. The normalized spacial score (nSPS) is 11.7. The summed E-state index contributed by atoms with van der Waals surface area (Å²) in [5.74, 6) is -2.23. The van der Waals surface area contributed by atoms with Crippen molar-refractivity contribution in [3.63, 3.8) is 0 Å². The van der Waals surface area contributed by atoms with E-state index in [-0.39, 0.29) is 16.5 Å². The third kappa shape index (κ3) is 4.04. The molecule has 2 N–H and O–H groups in total. The van der Waals surface area contributed by atoms with Gasteiger partial charge in [-0.05, 0) is 24.3 Å². The molecule has 0 fully saturated rings. The van der Waals surface area contributed by atoms with Crippen molar-refractivity contribution in [2.24, 2.45) is 0 Å². The first-order valence-electron chi connectivity index (χ1n) is 9.82. The number of pyridine rings is 2. The molecule has 0 unspecified atom stereocenters. The summed E-state index contributed by atoms with van der Waals surface area (Å²) in [6, 6.07) is 6.17. The van der Waals surface area contributed by atoms with Gasteiger partial charge in [-0.15, -0.1) is 5.10 Å². The van der Waals surface area contributed by atoms with E-state index >= 15 is 4.39 Å². The highest BCUT2D eigenvalue weighted by Crippen LogP contribution is 2.34. The second-order valence-electron chi connectivity index (χ2n) is 7.22. The monoisotopic (exact) mass is 517 g/mol. The van der Waals surface area contributed by atoms with Gasteiger partial charge in [0.1, 0.15) is 23.5 Å². The van der Waals surface area contributed by atoms with Gasteiger partial charge in [-0.25, -0.2) is 27.2 Å². The maximum atomic E-state index is 15.5. The summed E-state index contributed by atoms with van der Waals surface area (Å²) in [6.07, 6.45) is 5.64. The molecule has 0 aliphatic carbocycles. The Balaban J connectivity index is 1.56. The van der Waals surface area contributed by atoms with Gasteiger partial charge in [0.05, 0.1) is 35.1 Å². The summed E-state index contributed by atoms with van der Waals surface area (Å²) >= 11 is 5.87. The fourth-order valence-corrected chi connectivity index (χ4v) is 4.95. The van der Waals surface area contributed by atoms with Crippen LogP contribution in [-0.2, 0) is 10.0 Å². The molecule has 0 amide bonds. The number of ether oxygens (including phenoxy) is 1. The van der Waals surface area contributed by atoms with Crippen LogP contribution in [0.2, 0.25) is 5.02 Å². The van der Waals surface area contributed by atoms with Crippen molar-refractivity contribution in [1.82, 2.24) is 29.8 Å². The molecule has 4 aromatic heterocycles. The van der Waals surface area contributed by atoms with E-state index in [0.29, 0.717) is 16.9 Å². The van der Waals surface area contributed by atoms with Crippen LogP contribution in [0, 0.1) is 11.6 Å². The van der Waals surface area contributed by atoms with Crippen LogP contribution in [0.1, 0.15) is 0 Å². The zero-order valence-corrected chi connectivity index (χ0v) is 19.3. The van der Waals surface area contributed by atoms with Gasteiger partial charge in [0, 0.05) is 18.0 Å². The Morgan fingerprint density at radius 2 is 1.97 bits per heavy atom. The van der Waals surface area contributed by atoms with Crippen LogP contribution >= 0.6 is 11.6 Å². The number of methoxy groups -OCH3 is 1. The summed E-state index contributed by atoms with van der Waals surface area (Å²) in [5, 5.41) is 10.1. The van der Waals surface area contributed by atoms with Crippen molar-refractivity contribution >= 4 is 32.8 Å². The van der Waals surface area contributed by atoms with E-state index in [1.54, 1.807) is 10.5 Å². The summed E-state index contributed by atoms with van der Waals surface area (Å²) in [4.78, 5) is 7.69. The lowest BCUT2D eigenvalue weighted by Crippen LogP contribution is -2.16. The van der Waals surface area contributed by atoms with E-state index in [9.17, 15) is 12.8 Å². The largest absolute Gasteiger partial charge is 0.480 e. The first-order valence-corrected chi connectivity index (χ1v) is 11.7. The Hall–Kier alpha value is -4.10. The topological polar surface area (TPSA) is 127 Å². The van der Waals surface area contributed by atoms with Crippen LogP contribution in [0.4, 0.5) is 14.5 Å². The average molecular weight is 518 g/mol. The second kappa shape index (κ2) is 8.60. The number of aromatic amines is 1. The predicted octanol–water partition coefficient (Wildman–Crippen LogP) is 3.92. The zero-order valence-electron chi connectivity index (χ0n) is 17.7. The molecule has 10 nitrogen and oxygen atoms in total. The number of rotatable bonds is 6. The molecule has 0 atom stereocenters. The number of hydrogen-bond donors (Lipinski definition) is 2. The minimum atomic E-state index is -4.38. The molecule has 178 valence electrons. The fourth-order valence-electron chi connectivity index (χ4n) is 3.52. The third-order valence-electron chi connectivity index (χ3n) is 5.09. The molecule has 0 radical (unpaired) electrons. The Morgan fingerprint density at radius 1 is 1.14 bits per heavy atom. The van der Waals surface area contributed by atoms with Crippen LogP contribution in [0.5, 0.6) is 5.88 Å². The van der Waals surface area contributed by atoms with Gasteiger partial charge in [0.2, 0.25) is 5.88 Å². The van der Waals surface area contributed by atoms with Gasteiger partial charge >= 0.3 is 0 Å². The highest BCUT2D eigenvalue weighted by Gasteiger charge is 2.25. The maximum absolute atomic E-state index is 15.5. The second-order valence-corrected chi connectivity index (χ2v) is 9.31. The minimum Gasteiger partial charge on any atom is -0.480 e. The molecule has 1 aromatic carbocycles. The van der Waals surface area contributed by atoms with Crippen LogP contribution in [0.25, 0.3) is 28.0 Å². The molecule has 0 saturated heterocycles. The van der Waals surface area contributed by atoms with Crippen molar-refractivity contribution in [1.29, 1.82) is 0 Å². The summed E-state index contributed by atoms with van der Waals surface area (Å²) < 4.78 is 64.8. The van der Waals surface area contributed by atoms with Gasteiger partial charge in [-0.1, -0.05) is 22.9 Å². The van der Waals surface area contributed by atoms with Gasteiger partial charge < -0.3 is 9.14 Å². The molecule has 5 rings (SSSR count). The fraction of sp³-hybridized carbons (Fsp3) is 0.0476. The highest BCUT2D eigenvalue weighted by atomic mass is 35.5. The van der Waals surface area contributed by atoms with E-state index in [0.717, 1.165) is 18.2 Å². The molecular formula is C21H14ClF2N7O3S. The average Bonchev–Trinajstić information content (AvgIpc) is 3.50. The van der Waals surface area contributed by atoms with E-state index < -0.39 is 37.8 Å². The number of imidazole rings is 1. The van der Waals surface area contributed by atoms with Crippen molar-refractivity contribution < 1.29 is 21.9 Å². The number of sulfonamides is 1. The first kappa shape index (κ1) is 22.7. The Labute approximate surface area is 201 Å². The SMILES string of the molecule is COc1ncc(Cl)cc1S(=O)(=O)Nc1ccc(F)c(-c2ccc3c(-c4cnn[nH]4)ncn3c2)c1F. The standard InChI is InChI=1S/C21H14ClF2N7O3S/c1-34-21-17(6-12(22)7-25-21)35(32,33)29-14-4-3-13(23)18(19(14)24)11-2-5-16-20(15-8-27-30-28-15)26-10-31(16)9-11/h2-10,29H,1H3,(H,27,28,30). The van der Waals surface area contributed by atoms with Crippen LogP contribution < -0.4 is 9.46 Å². The lowest BCUT2D eigenvalue weighted by Gasteiger charge is -2.14. The van der Waals surface area contributed by atoms with E-state index in [1.165, 1.54) is 38.1 Å². The van der Waals surface area contributed by atoms with Crippen molar-refractivity contribution in [2.75, 3.05) is 11.8 Å². The van der Waals surface area contributed by atoms with Gasteiger partial charge in [-0.3, -0.25) is 9.82 Å². The van der Waals surface area contributed by atoms with Gasteiger partial charge in [0.25, 0.3) is 10.0 Å². The van der Waals surface area contributed by atoms with Crippen molar-refractivity contribution in [3.8, 4) is 28.4 Å². The third-order valence-corrected chi connectivity index (χ3v) is 6.66. The summed E-state index contributed by atoms with van der Waals surface area (Å²) in [5.41, 5.74) is 1.01. The number of fused-ring (bicyclic) bond motifs is 1. The number of hydrogen-bond acceptors (Lipinski definition) is 7. The number of benzene rings is 1. The molecule has 0 bridgehead atoms. The van der Waals surface area contributed by atoms with Crippen LogP contribution in [0.15, 0.2) is 60.1 Å². The predicted molar refractivity (Wildman–Crippen MR) is 123 cm³/mol. The number of H-pyrrole nitrogens is 1. The summed E-state index contributed by atoms with van der Waals surface area (Å²) in [6.45, 7) is 0. The Bertz CT molecular complexity index is 1670. The number of aromatic nitrogens is 6. The molecule has 0 aliphatic rings. The molecule has 35 heavy (non-hydrogen) atoms. The van der Waals surface area contributed by atoms with Gasteiger partial charge in [-0.2, -0.15) is 0 Å². The summed E-state index contributed by atoms with van der Waals surface area (Å²) in [7, 11) is -3.16. The Kier molecular flexibility index (Phi) is 5.57. The molecule has 0 aliphatic heterocycles. The van der Waals surface area contributed by atoms with Crippen LogP contribution in [-0.4, -0.2) is 45.3 Å². The highest BCUT2D eigenvalue weighted by molar-refractivity contribution is 7.92. The molecule has 0 saturated carbocycles. The van der Waals surface area contributed by atoms with Crippen molar-refractivity contribution in [3.05, 3.63) is 71.9 Å². The maximum Gasteiger partial charge on any atom is 0.267 e. The van der Waals surface area contributed by atoms with E-state index in [1.807, 2.05) is 0 Å². The lowest BCUT2D eigenvalue weighted by molar-refractivity contribution is 0.385. The Morgan fingerprint density at radius 3 is 2.71 bits per heavy atom. The van der Waals surface area contributed by atoms with Gasteiger partial charge in [0.15, 0.2) is 10.7 Å². The number of nitrogens with zero attached hydrogens (tertiary/aromatic N) is 5. The number of anilines is 1. The molecule has 4 heterocycles. The minimum absolute atomic E-state index is 0.0327. The zero-order chi connectivity index (χ0) is 24.7. The number of nitrogens with one attached hydrogen (secondary N) is 2. The van der Waals surface area contributed by atoms with E-state index in [2.05, 4.69) is 30.1 Å². The number of halogens is 3. The lowest BCUT2D eigenvalue weighted by atomic mass is 10.0. The molecule has 14 heteroatoms. The molecule has 5 aromatic rings. The smallest absolute Gasteiger partial charge is 0.267 e. The quantitative estimate of drug-likeness (QED) is 0.349. The molecular weight excluding hydrogens is 504 g/mol. The van der Waals surface area contributed by atoms with Crippen LogP contribution in [0.3, 0.4) is 0 Å². The first-order chi connectivity index (χ1) is 16.8.